The van der Waals surface area contributed by atoms with Gasteiger partial charge in [0.2, 0.25) is 0 Å². The molecule has 0 spiro atoms. The van der Waals surface area contributed by atoms with Crippen LogP contribution >= 0.6 is 0 Å². The zero-order chi connectivity index (χ0) is 19.1. The Morgan fingerprint density at radius 1 is 0.963 bits per heavy atom. The van der Waals surface area contributed by atoms with Gasteiger partial charge in [-0.05, 0) is 53.2 Å². The number of benzene rings is 2. The molecule has 1 aliphatic rings. The molecule has 0 heterocycles. The first-order valence-electron chi connectivity index (χ1n) is 9.38. The molecular formula is C26H26O. The molecule has 0 saturated carbocycles. The van der Waals surface area contributed by atoms with Gasteiger partial charge in [-0.1, -0.05) is 91.1 Å². The van der Waals surface area contributed by atoms with Crippen molar-refractivity contribution in [2.75, 3.05) is 0 Å². The third-order valence-corrected chi connectivity index (χ3v) is 4.97. The van der Waals surface area contributed by atoms with Crippen molar-refractivity contribution in [2.45, 2.75) is 26.2 Å². The molecule has 1 heteroatoms. The van der Waals surface area contributed by atoms with Crippen LogP contribution in [-0.4, -0.2) is 5.11 Å². The molecule has 0 saturated heterocycles. The first kappa shape index (κ1) is 18.7. The van der Waals surface area contributed by atoms with Crippen LogP contribution in [0.1, 0.15) is 42.0 Å². The smallest absolute Gasteiger partial charge is 0.0833 e. The number of rotatable bonds is 5. The lowest BCUT2D eigenvalue weighted by atomic mass is 9.93. The van der Waals surface area contributed by atoms with Gasteiger partial charge in [-0.3, -0.25) is 0 Å². The summed E-state index contributed by atoms with van der Waals surface area (Å²) in [6.07, 6.45) is 14.5. The van der Waals surface area contributed by atoms with Gasteiger partial charge in [0.1, 0.15) is 0 Å². The van der Waals surface area contributed by atoms with E-state index in [1.54, 1.807) is 0 Å². The lowest BCUT2D eigenvalue weighted by molar-refractivity contribution is 0.474. The van der Waals surface area contributed by atoms with E-state index in [4.69, 9.17) is 0 Å². The van der Waals surface area contributed by atoms with E-state index in [9.17, 15) is 5.11 Å². The van der Waals surface area contributed by atoms with E-state index < -0.39 is 0 Å². The van der Waals surface area contributed by atoms with Gasteiger partial charge >= 0.3 is 0 Å². The Morgan fingerprint density at radius 3 is 2.33 bits per heavy atom. The minimum atomic E-state index is 0.697. The van der Waals surface area contributed by atoms with Gasteiger partial charge in [-0.15, -0.1) is 0 Å². The monoisotopic (exact) mass is 354 g/mol. The summed E-state index contributed by atoms with van der Waals surface area (Å²) in [4.78, 5) is 0. The summed E-state index contributed by atoms with van der Waals surface area (Å²) in [5.41, 5.74) is 8.22. The highest BCUT2D eigenvalue weighted by molar-refractivity contribution is 5.72. The maximum Gasteiger partial charge on any atom is 0.0833 e. The first-order chi connectivity index (χ1) is 13.2. The molecule has 2 aromatic carbocycles. The second-order valence-electron chi connectivity index (χ2n) is 6.94. The number of allylic oxidation sites excluding steroid dienone is 7. The van der Waals surface area contributed by atoms with Crippen LogP contribution in [0.3, 0.4) is 0 Å². The van der Waals surface area contributed by atoms with E-state index in [1.165, 1.54) is 28.5 Å². The zero-order valence-electron chi connectivity index (χ0n) is 15.9. The molecule has 0 radical (unpaired) electrons. The second kappa shape index (κ2) is 9.05. The molecule has 136 valence electrons. The molecule has 0 amide bonds. The average Bonchev–Trinajstić information content (AvgIpc) is 2.70. The van der Waals surface area contributed by atoms with Crippen LogP contribution in [0.25, 0.3) is 17.2 Å². The summed E-state index contributed by atoms with van der Waals surface area (Å²) >= 11 is 0. The second-order valence-corrected chi connectivity index (χ2v) is 6.94. The highest BCUT2D eigenvalue weighted by Gasteiger charge is 2.07. The Kier molecular flexibility index (Phi) is 6.27. The topological polar surface area (TPSA) is 20.2 Å². The number of hydrogen-bond donors (Lipinski definition) is 1. The van der Waals surface area contributed by atoms with Crippen LogP contribution in [-0.2, 0) is 6.42 Å². The molecule has 0 aromatic heterocycles. The summed E-state index contributed by atoms with van der Waals surface area (Å²) in [5.74, 6) is 0. The van der Waals surface area contributed by atoms with E-state index in [1.807, 2.05) is 18.2 Å². The van der Waals surface area contributed by atoms with Gasteiger partial charge in [-0.25, -0.2) is 0 Å². The number of aliphatic hydroxyl groups is 1. The predicted molar refractivity (Wildman–Crippen MR) is 117 cm³/mol. The fourth-order valence-electron chi connectivity index (χ4n) is 3.24. The number of hydrogen-bond acceptors (Lipinski definition) is 1. The minimum Gasteiger partial charge on any atom is -0.515 e. The summed E-state index contributed by atoms with van der Waals surface area (Å²) in [7, 11) is 0. The third kappa shape index (κ3) is 4.98. The van der Waals surface area contributed by atoms with Crippen molar-refractivity contribution < 1.29 is 5.11 Å². The largest absolute Gasteiger partial charge is 0.515 e. The van der Waals surface area contributed by atoms with E-state index >= 15 is 0 Å². The van der Waals surface area contributed by atoms with Gasteiger partial charge in [0.15, 0.2) is 0 Å². The molecular weight excluding hydrogens is 328 g/mol. The summed E-state index contributed by atoms with van der Waals surface area (Å²) in [6.45, 7) is 5.96. The Labute approximate surface area is 162 Å². The maximum atomic E-state index is 9.75. The fourth-order valence-corrected chi connectivity index (χ4v) is 3.24. The SMILES string of the molecule is C=Cc1ccc(C/C(=C\O)c2ccc(/C3=C/C=C\C=C(/C)CC3)cc2)cc1. The fraction of sp³-hybridized carbons (Fsp3) is 0.154. The minimum absolute atomic E-state index is 0.697. The van der Waals surface area contributed by atoms with E-state index in [2.05, 4.69) is 74.2 Å². The van der Waals surface area contributed by atoms with Crippen molar-refractivity contribution >= 4 is 17.2 Å². The molecule has 0 aliphatic heterocycles. The van der Waals surface area contributed by atoms with Crippen molar-refractivity contribution in [3.05, 3.63) is 114 Å². The van der Waals surface area contributed by atoms with Crippen LogP contribution in [0.5, 0.6) is 0 Å². The van der Waals surface area contributed by atoms with Gasteiger partial charge < -0.3 is 5.11 Å². The summed E-state index contributed by atoms with van der Waals surface area (Å²) in [5, 5.41) is 9.75. The molecule has 27 heavy (non-hydrogen) atoms. The predicted octanol–water partition coefficient (Wildman–Crippen LogP) is 7.15. The normalized spacial score (nSPS) is 19.8. The lowest BCUT2D eigenvalue weighted by Gasteiger charge is -2.12. The van der Waals surface area contributed by atoms with Crippen molar-refractivity contribution in [1.82, 2.24) is 0 Å². The molecule has 1 N–H and O–H groups in total. The van der Waals surface area contributed by atoms with Crippen molar-refractivity contribution in [2.24, 2.45) is 0 Å². The van der Waals surface area contributed by atoms with E-state index in [-0.39, 0.29) is 0 Å². The van der Waals surface area contributed by atoms with E-state index in [0.717, 1.165) is 29.5 Å². The molecule has 1 aliphatic carbocycles. The molecule has 0 fully saturated rings. The summed E-state index contributed by atoms with van der Waals surface area (Å²) < 4.78 is 0. The molecule has 3 rings (SSSR count). The van der Waals surface area contributed by atoms with Crippen molar-refractivity contribution in [3.8, 4) is 0 Å². The maximum absolute atomic E-state index is 9.75. The van der Waals surface area contributed by atoms with Gasteiger partial charge in [0, 0.05) is 6.42 Å². The van der Waals surface area contributed by atoms with E-state index in [0.29, 0.717) is 6.42 Å². The van der Waals surface area contributed by atoms with Gasteiger partial charge in [0.05, 0.1) is 6.26 Å². The highest BCUT2D eigenvalue weighted by Crippen LogP contribution is 2.26. The van der Waals surface area contributed by atoms with Crippen LogP contribution in [0.4, 0.5) is 0 Å². The Hall–Kier alpha value is -3.06. The van der Waals surface area contributed by atoms with Crippen molar-refractivity contribution in [1.29, 1.82) is 0 Å². The Morgan fingerprint density at radius 2 is 1.67 bits per heavy atom. The van der Waals surface area contributed by atoms with Crippen LogP contribution in [0, 0.1) is 0 Å². The summed E-state index contributed by atoms with van der Waals surface area (Å²) in [6, 6.07) is 16.8. The lowest BCUT2D eigenvalue weighted by Crippen LogP contribution is -1.93. The molecule has 1 nitrogen and oxygen atoms in total. The van der Waals surface area contributed by atoms with Crippen LogP contribution in [0.2, 0.25) is 0 Å². The Bertz CT molecular complexity index is 904. The third-order valence-electron chi connectivity index (χ3n) is 4.97. The Balaban J connectivity index is 1.75. The van der Waals surface area contributed by atoms with Gasteiger partial charge in [-0.2, -0.15) is 0 Å². The quantitative estimate of drug-likeness (QED) is 0.565. The number of aliphatic hydroxyl groups excluding tert-OH is 1. The molecule has 0 atom stereocenters. The standard InChI is InChI=1S/C26H26O/c1-3-21-9-11-22(12-10-21)18-26(19-27)25-16-14-24(15-17-25)23-7-5-4-6-20(2)8-13-23/h3-7,9-12,14-17,19,27H,1,8,13,18H2,2H3/b5-4-,20-6+,23-7+,26-19+. The van der Waals surface area contributed by atoms with Gasteiger partial charge in [0.25, 0.3) is 0 Å². The first-order valence-corrected chi connectivity index (χ1v) is 9.38. The van der Waals surface area contributed by atoms with Crippen molar-refractivity contribution in [3.63, 3.8) is 0 Å². The van der Waals surface area contributed by atoms with Crippen LogP contribution < -0.4 is 0 Å². The highest BCUT2D eigenvalue weighted by atomic mass is 16.2. The average molecular weight is 354 g/mol. The molecule has 2 aromatic rings. The molecule has 0 bridgehead atoms. The zero-order valence-corrected chi connectivity index (χ0v) is 15.9. The molecule has 0 unspecified atom stereocenters. The van der Waals surface area contributed by atoms with Crippen LogP contribution in [0.15, 0.2) is 91.2 Å².